The summed E-state index contributed by atoms with van der Waals surface area (Å²) in [6, 6.07) is 0. The maximum atomic E-state index is 6.10. The lowest BCUT2D eigenvalue weighted by molar-refractivity contribution is 0.359. The SMILES string of the molecule is C=C1C[C@@](C)(/C=C/Cl)[C@H](Br)C[C@@H]1Cl. The van der Waals surface area contributed by atoms with Crippen molar-refractivity contribution in [1.29, 1.82) is 0 Å². The molecule has 0 aromatic rings. The van der Waals surface area contributed by atoms with Gasteiger partial charge in [0.25, 0.3) is 0 Å². The van der Waals surface area contributed by atoms with Gasteiger partial charge in [-0.25, -0.2) is 0 Å². The van der Waals surface area contributed by atoms with E-state index in [1.165, 1.54) is 0 Å². The van der Waals surface area contributed by atoms with E-state index in [1.54, 1.807) is 5.54 Å². The molecule has 0 heterocycles. The Balaban J connectivity index is 2.82. The van der Waals surface area contributed by atoms with Gasteiger partial charge < -0.3 is 0 Å². The zero-order valence-corrected chi connectivity index (χ0v) is 10.7. The summed E-state index contributed by atoms with van der Waals surface area (Å²) in [7, 11) is 0. The average Bonchev–Trinajstić information content (AvgIpc) is 2.02. The van der Waals surface area contributed by atoms with Gasteiger partial charge in [0.1, 0.15) is 0 Å². The highest BCUT2D eigenvalue weighted by molar-refractivity contribution is 9.09. The van der Waals surface area contributed by atoms with Crippen molar-refractivity contribution in [2.24, 2.45) is 5.41 Å². The van der Waals surface area contributed by atoms with Gasteiger partial charge in [-0.15, -0.1) is 11.6 Å². The Morgan fingerprint density at radius 2 is 2.31 bits per heavy atom. The van der Waals surface area contributed by atoms with Gasteiger partial charge >= 0.3 is 0 Å². The lowest BCUT2D eigenvalue weighted by Crippen LogP contribution is -2.34. The van der Waals surface area contributed by atoms with Gasteiger partial charge in [-0.1, -0.05) is 52.7 Å². The molecule has 0 bridgehead atoms. The molecule has 3 heteroatoms. The minimum Gasteiger partial charge on any atom is -0.118 e. The van der Waals surface area contributed by atoms with Crippen molar-refractivity contribution in [1.82, 2.24) is 0 Å². The Kier molecular flexibility index (Phi) is 3.91. The molecule has 1 aliphatic carbocycles. The summed E-state index contributed by atoms with van der Waals surface area (Å²) in [5.41, 5.74) is 2.75. The minimum absolute atomic E-state index is 0.0597. The summed E-state index contributed by atoms with van der Waals surface area (Å²) in [6.07, 6.45) is 3.83. The van der Waals surface area contributed by atoms with E-state index in [-0.39, 0.29) is 10.8 Å². The second kappa shape index (κ2) is 4.37. The molecule has 0 aromatic carbocycles. The number of allylic oxidation sites excluding steroid dienone is 2. The van der Waals surface area contributed by atoms with Crippen molar-refractivity contribution in [2.75, 3.05) is 0 Å². The molecular weight excluding hydrogens is 271 g/mol. The third-order valence-corrected chi connectivity index (χ3v) is 4.66. The van der Waals surface area contributed by atoms with Crippen LogP contribution in [0.15, 0.2) is 23.8 Å². The van der Waals surface area contributed by atoms with Crippen LogP contribution in [0.1, 0.15) is 19.8 Å². The quantitative estimate of drug-likeness (QED) is 0.492. The molecule has 0 amide bonds. The third-order valence-electron chi connectivity index (χ3n) is 2.62. The van der Waals surface area contributed by atoms with E-state index in [1.807, 2.05) is 6.08 Å². The largest absolute Gasteiger partial charge is 0.118 e. The van der Waals surface area contributed by atoms with Gasteiger partial charge in [-0.3, -0.25) is 0 Å². The van der Waals surface area contributed by atoms with Crippen LogP contribution in [-0.4, -0.2) is 10.2 Å². The Bertz CT molecular complexity index is 237. The highest BCUT2D eigenvalue weighted by atomic mass is 79.9. The monoisotopic (exact) mass is 282 g/mol. The number of alkyl halides is 2. The van der Waals surface area contributed by atoms with E-state index in [0.29, 0.717) is 4.83 Å². The highest BCUT2D eigenvalue weighted by Gasteiger charge is 2.37. The summed E-state index contributed by atoms with van der Waals surface area (Å²) in [4.78, 5) is 0.378. The van der Waals surface area contributed by atoms with Crippen LogP contribution in [-0.2, 0) is 0 Å². The second-order valence-corrected chi connectivity index (χ2v) is 5.69. The molecule has 0 nitrogen and oxygen atoms in total. The van der Waals surface area contributed by atoms with Crippen molar-refractivity contribution in [2.45, 2.75) is 30.0 Å². The maximum Gasteiger partial charge on any atom is 0.0553 e. The predicted octanol–water partition coefficient (Wildman–Crippen LogP) is 4.47. The summed E-state index contributed by atoms with van der Waals surface area (Å²) >= 11 is 15.4. The number of hydrogen-bond acceptors (Lipinski definition) is 0. The van der Waals surface area contributed by atoms with Gasteiger partial charge in [0.05, 0.1) is 5.38 Å². The van der Waals surface area contributed by atoms with Gasteiger partial charge in [0.15, 0.2) is 0 Å². The molecule has 0 aliphatic heterocycles. The summed E-state index contributed by atoms with van der Waals surface area (Å²) in [6.45, 7) is 6.14. The van der Waals surface area contributed by atoms with Crippen molar-refractivity contribution in [3.63, 3.8) is 0 Å². The molecule has 74 valence electrons. The first-order valence-corrected chi connectivity index (χ1v) is 6.02. The predicted molar refractivity (Wildman–Crippen MR) is 63.8 cm³/mol. The first-order chi connectivity index (χ1) is 5.99. The minimum atomic E-state index is 0.0597. The molecule has 0 unspecified atom stereocenters. The average molecular weight is 284 g/mol. The van der Waals surface area contributed by atoms with Crippen LogP contribution in [0.5, 0.6) is 0 Å². The summed E-state index contributed by atoms with van der Waals surface area (Å²) < 4.78 is 0. The number of halogens is 3. The molecule has 1 saturated carbocycles. The molecule has 0 aromatic heterocycles. The summed E-state index contributed by atoms with van der Waals surface area (Å²) in [5, 5.41) is 0.0983. The van der Waals surface area contributed by atoms with E-state index >= 15 is 0 Å². The standard InChI is InChI=1S/C10H13BrCl2/c1-7-6-10(2,3-4-12)9(11)5-8(7)13/h3-4,8-9H,1,5-6H2,2H3/b4-3+/t8-,9+,10+/m0/s1. The Morgan fingerprint density at radius 1 is 1.69 bits per heavy atom. The first kappa shape index (κ1) is 11.6. The topological polar surface area (TPSA) is 0 Å². The van der Waals surface area contributed by atoms with E-state index in [4.69, 9.17) is 23.2 Å². The van der Waals surface area contributed by atoms with Crippen LogP contribution in [0, 0.1) is 5.41 Å². The third kappa shape index (κ3) is 2.51. The van der Waals surface area contributed by atoms with E-state index < -0.39 is 0 Å². The molecule has 0 N–H and O–H groups in total. The molecule has 3 atom stereocenters. The molecule has 0 saturated heterocycles. The second-order valence-electron chi connectivity index (χ2n) is 3.80. The molecule has 1 rings (SSSR count). The van der Waals surface area contributed by atoms with Gasteiger partial charge in [0.2, 0.25) is 0 Å². The van der Waals surface area contributed by atoms with Crippen LogP contribution in [0.4, 0.5) is 0 Å². The lowest BCUT2D eigenvalue weighted by atomic mass is 9.74. The van der Waals surface area contributed by atoms with Crippen LogP contribution in [0.3, 0.4) is 0 Å². The van der Waals surface area contributed by atoms with Crippen molar-refractivity contribution in [3.8, 4) is 0 Å². The van der Waals surface area contributed by atoms with Gasteiger partial charge in [-0.2, -0.15) is 0 Å². The van der Waals surface area contributed by atoms with Crippen molar-refractivity contribution < 1.29 is 0 Å². The zero-order valence-electron chi connectivity index (χ0n) is 7.56. The Morgan fingerprint density at radius 3 is 2.85 bits per heavy atom. The first-order valence-electron chi connectivity index (χ1n) is 4.23. The Labute approximate surface area is 98.1 Å². The fraction of sp³-hybridized carbons (Fsp3) is 0.600. The van der Waals surface area contributed by atoms with E-state index in [0.717, 1.165) is 18.4 Å². The highest BCUT2D eigenvalue weighted by Crippen LogP contribution is 2.45. The summed E-state index contributed by atoms with van der Waals surface area (Å²) in [5.74, 6) is 0. The van der Waals surface area contributed by atoms with Gasteiger partial charge in [-0.05, 0) is 12.8 Å². The fourth-order valence-corrected chi connectivity index (χ4v) is 3.08. The number of rotatable bonds is 1. The smallest absolute Gasteiger partial charge is 0.0553 e. The number of hydrogen-bond donors (Lipinski definition) is 0. The molecule has 1 fully saturated rings. The van der Waals surface area contributed by atoms with E-state index in [2.05, 4.69) is 29.4 Å². The molecular formula is C10H13BrCl2. The Hall–Kier alpha value is 0.540. The van der Waals surface area contributed by atoms with Crippen LogP contribution >= 0.6 is 39.1 Å². The van der Waals surface area contributed by atoms with Crippen LogP contribution in [0.25, 0.3) is 0 Å². The lowest BCUT2D eigenvalue weighted by Gasteiger charge is -2.39. The molecule has 1 aliphatic rings. The molecule has 13 heavy (non-hydrogen) atoms. The van der Waals surface area contributed by atoms with Crippen LogP contribution in [0.2, 0.25) is 0 Å². The van der Waals surface area contributed by atoms with Crippen LogP contribution < -0.4 is 0 Å². The fourth-order valence-electron chi connectivity index (χ4n) is 1.64. The molecule has 0 spiro atoms. The van der Waals surface area contributed by atoms with E-state index in [9.17, 15) is 0 Å². The van der Waals surface area contributed by atoms with Crippen molar-refractivity contribution in [3.05, 3.63) is 23.8 Å². The van der Waals surface area contributed by atoms with Crippen molar-refractivity contribution >= 4 is 39.1 Å². The molecule has 0 radical (unpaired) electrons. The maximum absolute atomic E-state index is 6.10. The normalized spacial score (nSPS) is 41.4. The van der Waals surface area contributed by atoms with Gasteiger partial charge in [0, 0.05) is 15.8 Å². The zero-order chi connectivity index (χ0) is 10.1.